The van der Waals surface area contributed by atoms with Crippen molar-refractivity contribution < 1.29 is 52.4 Å². The van der Waals surface area contributed by atoms with E-state index in [1.165, 1.54) is 36.4 Å². The van der Waals surface area contributed by atoms with Crippen molar-refractivity contribution in [2.24, 2.45) is 5.73 Å². The van der Waals surface area contributed by atoms with E-state index in [1.807, 2.05) is 0 Å². The van der Waals surface area contributed by atoms with Crippen molar-refractivity contribution in [2.75, 3.05) is 13.2 Å². The molecule has 0 aromatic heterocycles. The van der Waals surface area contributed by atoms with Crippen molar-refractivity contribution in [2.45, 2.75) is 43.5 Å². The van der Waals surface area contributed by atoms with Crippen molar-refractivity contribution in [1.82, 2.24) is 0 Å². The highest BCUT2D eigenvalue weighted by atomic mass is 16.7. The molecule has 4 aromatic carbocycles. The lowest BCUT2D eigenvalue weighted by molar-refractivity contribution is -0.298. The molecule has 1 aliphatic heterocycles. The molecule has 1 saturated heterocycles. The van der Waals surface area contributed by atoms with Crippen LogP contribution in [0.15, 0.2) is 121 Å². The van der Waals surface area contributed by atoms with Crippen molar-refractivity contribution in [3.8, 4) is 0 Å². The molecular formula is C38H35NO11. The minimum atomic E-state index is -1.54. The number of benzene rings is 4. The summed E-state index contributed by atoms with van der Waals surface area (Å²) in [7, 11) is 0. The summed E-state index contributed by atoms with van der Waals surface area (Å²) in [6, 6.07) is 32.3. The molecule has 12 nitrogen and oxygen atoms in total. The lowest BCUT2D eigenvalue weighted by Crippen LogP contribution is -2.63. The first-order valence-electron chi connectivity index (χ1n) is 15.9. The predicted molar refractivity (Wildman–Crippen MR) is 177 cm³/mol. The van der Waals surface area contributed by atoms with Gasteiger partial charge in [-0.15, -0.1) is 0 Å². The van der Waals surface area contributed by atoms with Crippen LogP contribution < -0.4 is 5.73 Å². The quantitative estimate of drug-likeness (QED) is 0.113. The summed E-state index contributed by atoms with van der Waals surface area (Å²) < 4.78 is 35.7. The number of hydrogen-bond donors (Lipinski definition) is 1. The molecule has 0 spiro atoms. The van der Waals surface area contributed by atoms with Gasteiger partial charge < -0.3 is 34.2 Å². The second-order valence-corrected chi connectivity index (χ2v) is 11.2. The van der Waals surface area contributed by atoms with E-state index in [9.17, 15) is 24.0 Å². The molecule has 5 rings (SSSR count). The van der Waals surface area contributed by atoms with Crippen LogP contribution in [0.25, 0.3) is 0 Å². The molecule has 1 amide bonds. The molecule has 1 fully saturated rings. The second-order valence-electron chi connectivity index (χ2n) is 11.2. The summed E-state index contributed by atoms with van der Waals surface area (Å²) >= 11 is 0. The Kier molecular flexibility index (Phi) is 12.4. The van der Waals surface area contributed by atoms with Crippen LogP contribution in [0.1, 0.15) is 54.3 Å². The number of hydrogen-bond acceptors (Lipinski definition) is 11. The molecule has 12 heteroatoms. The molecule has 0 aliphatic carbocycles. The van der Waals surface area contributed by atoms with E-state index in [0.29, 0.717) is 0 Å². The van der Waals surface area contributed by atoms with Crippen molar-refractivity contribution in [3.63, 3.8) is 0 Å². The number of ether oxygens (including phenoxy) is 6. The number of primary amides is 1. The SMILES string of the molecule is NC(=O)CCCO[C@@H]1OC(COC(=O)c2ccccc2)[C@@H](OC(=O)c2ccccc2)C(OC(=O)c2ccccc2)C1OC(=O)c1ccccc1. The third kappa shape index (κ3) is 9.62. The molecule has 0 saturated carbocycles. The lowest BCUT2D eigenvalue weighted by atomic mass is 9.97. The van der Waals surface area contributed by atoms with Gasteiger partial charge in [-0.1, -0.05) is 72.8 Å². The molecule has 258 valence electrons. The van der Waals surface area contributed by atoms with E-state index in [-0.39, 0.29) is 41.7 Å². The Labute approximate surface area is 288 Å². The average molecular weight is 682 g/mol. The van der Waals surface area contributed by atoms with Crippen molar-refractivity contribution >= 4 is 29.8 Å². The maximum atomic E-state index is 13.6. The summed E-state index contributed by atoms with van der Waals surface area (Å²) in [6.45, 7) is -0.572. The third-order valence-electron chi connectivity index (χ3n) is 7.59. The van der Waals surface area contributed by atoms with Crippen LogP contribution in [0.2, 0.25) is 0 Å². The molecule has 2 N–H and O–H groups in total. The molecular weight excluding hydrogens is 646 g/mol. The number of carbonyl (C=O) groups excluding carboxylic acids is 5. The average Bonchev–Trinajstić information content (AvgIpc) is 3.15. The number of carbonyl (C=O) groups is 5. The van der Waals surface area contributed by atoms with Crippen LogP contribution in [-0.2, 0) is 33.2 Å². The Morgan fingerprint density at radius 1 is 0.540 bits per heavy atom. The first kappa shape index (κ1) is 35.5. The van der Waals surface area contributed by atoms with Crippen LogP contribution in [-0.4, -0.2) is 73.7 Å². The fourth-order valence-corrected chi connectivity index (χ4v) is 5.11. The zero-order valence-corrected chi connectivity index (χ0v) is 26.8. The zero-order chi connectivity index (χ0) is 35.3. The van der Waals surface area contributed by atoms with Gasteiger partial charge in [-0.3, -0.25) is 4.79 Å². The van der Waals surface area contributed by atoms with E-state index in [0.717, 1.165) is 0 Å². The Morgan fingerprint density at radius 3 is 1.38 bits per heavy atom. The number of rotatable bonds is 14. The Balaban J connectivity index is 1.53. The first-order valence-corrected chi connectivity index (χ1v) is 15.9. The maximum absolute atomic E-state index is 13.6. The van der Waals surface area contributed by atoms with Crippen LogP contribution in [0, 0.1) is 0 Å². The van der Waals surface area contributed by atoms with Gasteiger partial charge in [0.1, 0.15) is 12.7 Å². The normalized spacial score (nSPS) is 19.8. The summed E-state index contributed by atoms with van der Waals surface area (Å²) in [4.78, 5) is 65.0. The van der Waals surface area contributed by atoms with E-state index in [2.05, 4.69) is 0 Å². The summed E-state index contributed by atoms with van der Waals surface area (Å²) in [5.74, 6) is -3.71. The minimum Gasteiger partial charge on any atom is -0.459 e. The maximum Gasteiger partial charge on any atom is 0.338 e. The molecule has 4 aromatic rings. The molecule has 50 heavy (non-hydrogen) atoms. The first-order chi connectivity index (χ1) is 24.3. The van der Waals surface area contributed by atoms with Gasteiger partial charge in [-0.25, -0.2) is 19.2 Å². The molecule has 0 radical (unpaired) electrons. The molecule has 0 bridgehead atoms. The second kappa shape index (κ2) is 17.5. The number of esters is 4. The molecule has 5 atom stereocenters. The van der Waals surface area contributed by atoms with Gasteiger partial charge in [0, 0.05) is 6.42 Å². The molecule has 1 heterocycles. The van der Waals surface area contributed by atoms with E-state index in [1.54, 1.807) is 84.9 Å². The standard InChI is InChI=1S/C38H35NO11/c39-30(40)22-13-23-45-38-33(50-37(44)28-20-11-4-12-21-28)32(49-36(43)27-18-9-3-10-19-27)31(48-35(42)26-16-7-2-8-17-26)29(47-38)24-46-34(41)25-14-5-1-6-15-25/h1-12,14-21,29,31-33,38H,13,22-24H2,(H2,39,40)/t29?,31-,32?,33?,38-/m1/s1. The summed E-state index contributed by atoms with van der Waals surface area (Å²) in [6.07, 6.45) is -7.12. The van der Waals surface area contributed by atoms with Gasteiger partial charge in [0.05, 0.1) is 28.9 Å². The summed E-state index contributed by atoms with van der Waals surface area (Å²) in [5.41, 5.74) is 6.05. The van der Waals surface area contributed by atoms with Crippen molar-refractivity contribution in [1.29, 1.82) is 0 Å². The van der Waals surface area contributed by atoms with Gasteiger partial charge in [-0.2, -0.15) is 0 Å². The smallest absolute Gasteiger partial charge is 0.338 e. The highest BCUT2D eigenvalue weighted by molar-refractivity contribution is 5.91. The van der Waals surface area contributed by atoms with Crippen LogP contribution >= 0.6 is 0 Å². The molecule has 1 aliphatic rings. The highest BCUT2D eigenvalue weighted by Gasteiger charge is 2.53. The van der Waals surface area contributed by atoms with Crippen LogP contribution in [0.4, 0.5) is 0 Å². The largest absolute Gasteiger partial charge is 0.459 e. The Hall–Kier alpha value is -5.85. The zero-order valence-electron chi connectivity index (χ0n) is 26.8. The number of nitrogens with two attached hydrogens (primary N) is 1. The van der Waals surface area contributed by atoms with Crippen LogP contribution in [0.3, 0.4) is 0 Å². The van der Waals surface area contributed by atoms with Crippen LogP contribution in [0.5, 0.6) is 0 Å². The Bertz CT molecular complexity index is 1740. The van der Waals surface area contributed by atoms with Gasteiger partial charge >= 0.3 is 23.9 Å². The number of amides is 1. The van der Waals surface area contributed by atoms with Crippen molar-refractivity contribution in [3.05, 3.63) is 144 Å². The topological polar surface area (TPSA) is 167 Å². The van der Waals surface area contributed by atoms with E-state index in [4.69, 9.17) is 34.2 Å². The van der Waals surface area contributed by atoms with Gasteiger partial charge in [-0.05, 0) is 55.0 Å². The third-order valence-corrected chi connectivity index (χ3v) is 7.59. The van der Waals surface area contributed by atoms with Gasteiger partial charge in [0.2, 0.25) is 5.91 Å². The molecule has 3 unspecified atom stereocenters. The predicted octanol–water partition coefficient (Wildman–Crippen LogP) is 4.53. The van der Waals surface area contributed by atoms with Gasteiger partial charge in [0.15, 0.2) is 24.6 Å². The fraction of sp³-hybridized carbons (Fsp3) is 0.237. The van der Waals surface area contributed by atoms with Gasteiger partial charge in [0.25, 0.3) is 0 Å². The summed E-state index contributed by atoms with van der Waals surface area (Å²) in [5, 5.41) is 0. The monoisotopic (exact) mass is 681 g/mol. The minimum absolute atomic E-state index is 0.0109. The highest BCUT2D eigenvalue weighted by Crippen LogP contribution is 2.32. The van der Waals surface area contributed by atoms with E-state index < -0.39 is 67.1 Å². The Morgan fingerprint density at radius 2 is 0.940 bits per heavy atom. The lowest BCUT2D eigenvalue weighted by Gasteiger charge is -2.44. The van der Waals surface area contributed by atoms with E-state index >= 15 is 0 Å². The fourth-order valence-electron chi connectivity index (χ4n) is 5.11.